The fraction of sp³-hybridized carbons (Fsp3) is 0.538. The van der Waals surface area contributed by atoms with Crippen molar-refractivity contribution in [2.45, 2.75) is 43.6 Å². The highest BCUT2D eigenvalue weighted by molar-refractivity contribution is 7.89. The van der Waals surface area contributed by atoms with Crippen molar-refractivity contribution in [1.29, 1.82) is 0 Å². The molecule has 0 amide bonds. The predicted molar refractivity (Wildman–Crippen MR) is 74.9 cm³/mol. The highest BCUT2D eigenvalue weighted by atomic mass is 35.5. The van der Waals surface area contributed by atoms with Gasteiger partial charge >= 0.3 is 0 Å². The van der Waals surface area contributed by atoms with E-state index >= 15 is 0 Å². The fourth-order valence-electron chi connectivity index (χ4n) is 2.33. The maximum absolute atomic E-state index is 11.5. The second-order valence-electron chi connectivity index (χ2n) is 5.14. The molecule has 0 radical (unpaired) electrons. The summed E-state index contributed by atoms with van der Waals surface area (Å²) >= 11 is 5.81. The van der Waals surface area contributed by atoms with E-state index in [1.807, 2.05) is 0 Å². The van der Waals surface area contributed by atoms with Gasteiger partial charge in [0.1, 0.15) is 10.6 Å². The van der Waals surface area contributed by atoms with Gasteiger partial charge in [-0.2, -0.15) is 0 Å². The third-order valence-corrected chi connectivity index (χ3v) is 4.64. The number of nitrogens with two attached hydrogens (primary N) is 1. The minimum Gasteiger partial charge on any atom is -0.489 e. The lowest BCUT2D eigenvalue weighted by molar-refractivity contribution is 0.132. The minimum atomic E-state index is -3.83. The van der Waals surface area contributed by atoms with Crippen molar-refractivity contribution in [3.63, 3.8) is 0 Å². The maximum atomic E-state index is 11.5. The predicted octanol–water partition coefficient (Wildman–Crippen LogP) is 2.94. The molecule has 0 bridgehead atoms. The molecule has 0 atom stereocenters. The molecule has 2 N–H and O–H groups in total. The Labute approximate surface area is 118 Å². The lowest BCUT2D eigenvalue weighted by Gasteiger charge is -2.27. The van der Waals surface area contributed by atoms with Crippen LogP contribution in [0.4, 0.5) is 0 Å². The molecule has 1 aliphatic carbocycles. The highest BCUT2D eigenvalue weighted by Crippen LogP contribution is 2.31. The van der Waals surface area contributed by atoms with Crippen molar-refractivity contribution in [3.05, 3.63) is 23.2 Å². The van der Waals surface area contributed by atoms with Crippen LogP contribution >= 0.6 is 11.6 Å². The van der Waals surface area contributed by atoms with Gasteiger partial charge in [0.25, 0.3) is 0 Å². The standard InChI is InChI=1S/C13H18ClNO3S/c1-9-2-5-11(6-3-9)18-12-7-4-10(14)8-13(12)19(15,16)17/h4,7-9,11H,2-3,5-6H2,1H3,(H2,15,16,17). The molecule has 19 heavy (non-hydrogen) atoms. The van der Waals surface area contributed by atoms with Crippen molar-refractivity contribution < 1.29 is 13.2 Å². The van der Waals surface area contributed by atoms with Gasteiger partial charge in [0.2, 0.25) is 10.0 Å². The number of rotatable bonds is 3. The average Bonchev–Trinajstić information content (AvgIpc) is 2.33. The van der Waals surface area contributed by atoms with Crippen LogP contribution in [0.1, 0.15) is 32.6 Å². The molecule has 6 heteroatoms. The van der Waals surface area contributed by atoms with Gasteiger partial charge in [0, 0.05) is 5.02 Å². The van der Waals surface area contributed by atoms with Gasteiger partial charge in [-0.15, -0.1) is 0 Å². The molecule has 0 aromatic heterocycles. The summed E-state index contributed by atoms with van der Waals surface area (Å²) < 4.78 is 28.9. The van der Waals surface area contributed by atoms with Crippen LogP contribution in [0.3, 0.4) is 0 Å². The van der Waals surface area contributed by atoms with E-state index in [0.29, 0.717) is 16.7 Å². The van der Waals surface area contributed by atoms with E-state index in [9.17, 15) is 8.42 Å². The van der Waals surface area contributed by atoms with Gasteiger partial charge < -0.3 is 4.74 Å². The van der Waals surface area contributed by atoms with Crippen molar-refractivity contribution >= 4 is 21.6 Å². The summed E-state index contributed by atoms with van der Waals surface area (Å²) in [7, 11) is -3.83. The van der Waals surface area contributed by atoms with E-state index in [0.717, 1.165) is 25.7 Å². The molecule has 1 aromatic carbocycles. The molecular weight excluding hydrogens is 286 g/mol. The fourth-order valence-corrected chi connectivity index (χ4v) is 3.25. The normalized spacial score (nSPS) is 24.2. The number of primary sulfonamides is 1. The smallest absolute Gasteiger partial charge is 0.241 e. The lowest BCUT2D eigenvalue weighted by atomic mass is 9.89. The summed E-state index contributed by atoms with van der Waals surface area (Å²) in [6.07, 6.45) is 4.13. The van der Waals surface area contributed by atoms with Gasteiger partial charge in [-0.05, 0) is 49.8 Å². The number of hydrogen-bond acceptors (Lipinski definition) is 3. The molecule has 0 unspecified atom stereocenters. The minimum absolute atomic E-state index is 0.0429. The number of ether oxygens (including phenoxy) is 1. The zero-order valence-corrected chi connectivity index (χ0v) is 12.4. The number of halogens is 1. The van der Waals surface area contributed by atoms with Gasteiger partial charge in [-0.25, -0.2) is 13.6 Å². The van der Waals surface area contributed by atoms with Crippen LogP contribution in [0.25, 0.3) is 0 Å². The van der Waals surface area contributed by atoms with Gasteiger partial charge in [0.05, 0.1) is 6.10 Å². The average molecular weight is 304 g/mol. The Balaban J connectivity index is 2.21. The Kier molecular flexibility index (Phi) is 4.38. The summed E-state index contributed by atoms with van der Waals surface area (Å²) in [4.78, 5) is -0.0429. The SMILES string of the molecule is CC1CCC(Oc2ccc(Cl)cc2S(N)(=O)=O)CC1. The molecule has 0 heterocycles. The number of hydrogen-bond donors (Lipinski definition) is 1. The molecule has 0 spiro atoms. The van der Waals surface area contributed by atoms with E-state index in [-0.39, 0.29) is 11.0 Å². The van der Waals surface area contributed by atoms with Crippen LogP contribution in [0.5, 0.6) is 5.75 Å². The lowest BCUT2D eigenvalue weighted by Crippen LogP contribution is -2.24. The molecule has 4 nitrogen and oxygen atoms in total. The van der Waals surface area contributed by atoms with Crippen LogP contribution < -0.4 is 9.88 Å². The van der Waals surface area contributed by atoms with Gasteiger partial charge in [0.15, 0.2) is 0 Å². The Morgan fingerprint density at radius 2 is 1.89 bits per heavy atom. The first-order chi connectivity index (χ1) is 8.86. The molecule has 1 fully saturated rings. The topological polar surface area (TPSA) is 69.4 Å². The van der Waals surface area contributed by atoms with Gasteiger partial charge in [-0.1, -0.05) is 18.5 Å². The summed E-state index contributed by atoms with van der Waals surface area (Å²) in [5.41, 5.74) is 0. The third kappa shape index (κ3) is 3.84. The van der Waals surface area contributed by atoms with Crippen LogP contribution in [0.15, 0.2) is 23.1 Å². The molecule has 1 aliphatic rings. The summed E-state index contributed by atoms with van der Waals surface area (Å²) in [5.74, 6) is 1.01. The van der Waals surface area contributed by atoms with Crippen LogP contribution in [0.2, 0.25) is 5.02 Å². The number of sulfonamides is 1. The van der Waals surface area contributed by atoms with Crippen LogP contribution in [-0.2, 0) is 10.0 Å². The molecule has 1 saturated carbocycles. The third-order valence-electron chi connectivity index (χ3n) is 3.47. The highest BCUT2D eigenvalue weighted by Gasteiger charge is 2.23. The Bertz CT molecular complexity index is 551. The Morgan fingerprint density at radius 3 is 2.47 bits per heavy atom. The number of benzene rings is 1. The van der Waals surface area contributed by atoms with Gasteiger partial charge in [-0.3, -0.25) is 0 Å². The van der Waals surface area contributed by atoms with E-state index in [1.165, 1.54) is 6.07 Å². The second kappa shape index (κ2) is 5.69. The molecule has 1 aromatic rings. The zero-order valence-electron chi connectivity index (χ0n) is 10.8. The Morgan fingerprint density at radius 1 is 1.26 bits per heavy atom. The van der Waals surface area contributed by atoms with Crippen molar-refractivity contribution in [2.75, 3.05) is 0 Å². The summed E-state index contributed by atoms with van der Waals surface area (Å²) in [5, 5.41) is 5.51. The van der Waals surface area contributed by atoms with Crippen molar-refractivity contribution in [2.24, 2.45) is 11.1 Å². The van der Waals surface area contributed by atoms with E-state index in [4.69, 9.17) is 21.5 Å². The largest absolute Gasteiger partial charge is 0.489 e. The first kappa shape index (κ1) is 14.6. The molecule has 0 aliphatic heterocycles. The van der Waals surface area contributed by atoms with Crippen molar-refractivity contribution in [3.8, 4) is 5.75 Å². The molecule has 2 rings (SSSR count). The van der Waals surface area contributed by atoms with E-state index in [2.05, 4.69) is 6.92 Å². The first-order valence-corrected chi connectivity index (χ1v) is 8.27. The summed E-state index contributed by atoms with van der Waals surface area (Å²) in [6, 6.07) is 4.51. The second-order valence-corrected chi connectivity index (χ2v) is 7.10. The molecule has 106 valence electrons. The van der Waals surface area contributed by atoms with E-state index < -0.39 is 10.0 Å². The summed E-state index contributed by atoms with van der Waals surface area (Å²) in [6.45, 7) is 2.22. The van der Waals surface area contributed by atoms with E-state index in [1.54, 1.807) is 12.1 Å². The van der Waals surface area contributed by atoms with Crippen LogP contribution in [-0.4, -0.2) is 14.5 Å². The molecular formula is C13H18ClNO3S. The molecule has 0 saturated heterocycles. The maximum Gasteiger partial charge on any atom is 0.241 e. The van der Waals surface area contributed by atoms with Crippen LogP contribution in [0, 0.1) is 5.92 Å². The monoisotopic (exact) mass is 303 g/mol. The zero-order chi connectivity index (χ0) is 14.0. The van der Waals surface area contributed by atoms with Crippen molar-refractivity contribution in [1.82, 2.24) is 0 Å². The quantitative estimate of drug-likeness (QED) is 0.933. The Hall–Kier alpha value is -0.780. The first-order valence-electron chi connectivity index (χ1n) is 6.35.